The molecule has 16 heavy (non-hydrogen) atoms. The lowest BCUT2D eigenvalue weighted by Crippen LogP contribution is -2.10. The fourth-order valence-electron chi connectivity index (χ4n) is 1.92. The lowest BCUT2D eigenvalue weighted by Gasteiger charge is -2.09. The summed E-state index contributed by atoms with van der Waals surface area (Å²) in [7, 11) is 1.42. The highest BCUT2D eigenvalue weighted by atomic mass is 16.5. The molecule has 0 radical (unpaired) electrons. The molecule has 0 aromatic heterocycles. The van der Waals surface area contributed by atoms with Crippen molar-refractivity contribution >= 4 is 5.97 Å². The van der Waals surface area contributed by atoms with E-state index in [2.05, 4.69) is 0 Å². The lowest BCUT2D eigenvalue weighted by atomic mass is 9.99. The first-order valence-electron chi connectivity index (χ1n) is 5.29. The van der Waals surface area contributed by atoms with Crippen molar-refractivity contribution < 1.29 is 9.53 Å². The average Bonchev–Trinajstić information content (AvgIpc) is 2.56. The number of carbonyl (C=O) groups excluding carboxylic acids is 1. The van der Waals surface area contributed by atoms with E-state index in [-0.39, 0.29) is 11.9 Å². The second kappa shape index (κ2) is 4.35. The Hall–Kier alpha value is -1.83. The van der Waals surface area contributed by atoms with Crippen LogP contribution < -0.4 is 0 Å². The number of hydrogen-bond acceptors (Lipinski definition) is 2. The number of hydrogen-bond donors (Lipinski definition) is 0. The van der Waals surface area contributed by atoms with Crippen molar-refractivity contribution in [3.05, 3.63) is 48.0 Å². The molecule has 0 saturated carbocycles. The number of rotatable bonds is 2. The Morgan fingerprint density at radius 3 is 2.62 bits per heavy atom. The summed E-state index contributed by atoms with van der Waals surface area (Å²) >= 11 is 0. The van der Waals surface area contributed by atoms with Crippen molar-refractivity contribution in [2.24, 2.45) is 0 Å². The van der Waals surface area contributed by atoms with E-state index in [1.165, 1.54) is 7.11 Å². The summed E-state index contributed by atoms with van der Waals surface area (Å²) in [6.07, 6.45) is 0. The van der Waals surface area contributed by atoms with Gasteiger partial charge in [-0.1, -0.05) is 42.5 Å². The Kier molecular flexibility index (Phi) is 2.91. The zero-order valence-corrected chi connectivity index (χ0v) is 9.44. The highest BCUT2D eigenvalue weighted by Crippen LogP contribution is 2.32. The van der Waals surface area contributed by atoms with Gasteiger partial charge in [-0.2, -0.15) is 0 Å². The van der Waals surface area contributed by atoms with Gasteiger partial charge in [0.05, 0.1) is 13.0 Å². The minimum atomic E-state index is -0.218. The molecule has 1 atom stereocenters. The van der Waals surface area contributed by atoms with Crippen molar-refractivity contribution in [3.8, 4) is 11.1 Å². The Balaban J connectivity index is 2.45. The van der Waals surface area contributed by atoms with E-state index >= 15 is 0 Å². The maximum absolute atomic E-state index is 11.5. The Morgan fingerprint density at radius 1 is 1.12 bits per heavy atom. The van der Waals surface area contributed by atoms with Gasteiger partial charge >= 0.3 is 5.97 Å². The summed E-state index contributed by atoms with van der Waals surface area (Å²) in [4.78, 5) is 11.5. The van der Waals surface area contributed by atoms with E-state index < -0.39 is 0 Å². The Bertz CT molecular complexity index is 476. The highest BCUT2D eigenvalue weighted by molar-refractivity contribution is 5.83. The van der Waals surface area contributed by atoms with Crippen LogP contribution in [0.25, 0.3) is 11.1 Å². The van der Waals surface area contributed by atoms with Crippen LogP contribution in [0.2, 0.25) is 0 Å². The van der Waals surface area contributed by atoms with Crippen LogP contribution in [0.1, 0.15) is 18.4 Å². The molecule has 0 bridgehead atoms. The molecule has 2 rings (SSSR count). The molecule has 2 aliphatic carbocycles. The predicted octanol–water partition coefficient (Wildman–Crippen LogP) is 3.07. The molecule has 0 aliphatic heterocycles. The minimum absolute atomic E-state index is 0.195. The molecule has 0 amide bonds. The normalized spacial score (nSPS) is 12.4. The van der Waals surface area contributed by atoms with E-state index in [0.717, 1.165) is 16.7 Å². The minimum Gasteiger partial charge on any atom is -0.469 e. The first-order valence-corrected chi connectivity index (χ1v) is 5.29. The molecule has 0 heterocycles. The van der Waals surface area contributed by atoms with E-state index in [1.807, 2.05) is 49.4 Å². The van der Waals surface area contributed by atoms with Crippen molar-refractivity contribution in [1.82, 2.24) is 0 Å². The molecule has 0 saturated heterocycles. The second-order valence-corrected chi connectivity index (χ2v) is 3.81. The summed E-state index contributed by atoms with van der Waals surface area (Å²) in [5, 5.41) is 0. The monoisotopic (exact) mass is 214 g/mol. The fourth-order valence-corrected chi connectivity index (χ4v) is 1.92. The topological polar surface area (TPSA) is 26.3 Å². The molecular weight excluding hydrogens is 200 g/mol. The fraction of sp³-hybridized carbons (Fsp3) is 0.214. The van der Waals surface area contributed by atoms with Gasteiger partial charge in [0.2, 0.25) is 0 Å². The quantitative estimate of drug-likeness (QED) is 0.718. The third kappa shape index (κ3) is 1.78. The first kappa shape index (κ1) is 10.7. The van der Waals surface area contributed by atoms with Crippen LogP contribution >= 0.6 is 0 Å². The van der Waals surface area contributed by atoms with Crippen LogP contribution in [0.4, 0.5) is 0 Å². The molecule has 0 aromatic carbocycles. The van der Waals surface area contributed by atoms with Gasteiger partial charge in [-0.15, -0.1) is 0 Å². The standard InChI is InChI=1S/C14H14O2/c1-10(14(15)16-2)12-9-8-11-6-4-3-5-7-13(11)12/h3-10H,1-2H3. The molecule has 0 spiro atoms. The third-order valence-electron chi connectivity index (χ3n) is 2.85. The smallest absolute Gasteiger partial charge is 0.312 e. The van der Waals surface area contributed by atoms with E-state index in [9.17, 15) is 4.79 Å². The van der Waals surface area contributed by atoms with E-state index in [0.29, 0.717) is 0 Å². The van der Waals surface area contributed by atoms with Crippen LogP contribution in [0.5, 0.6) is 0 Å². The van der Waals surface area contributed by atoms with Gasteiger partial charge in [-0.25, -0.2) is 0 Å². The third-order valence-corrected chi connectivity index (χ3v) is 2.85. The molecule has 82 valence electrons. The van der Waals surface area contributed by atoms with Crippen molar-refractivity contribution in [1.29, 1.82) is 0 Å². The molecule has 0 fully saturated rings. The SMILES string of the molecule is COC(=O)C(C)c1ccc2cccccc1-2. The van der Waals surface area contributed by atoms with Crippen LogP contribution in [0.15, 0.2) is 42.5 Å². The van der Waals surface area contributed by atoms with Gasteiger partial charge in [0.1, 0.15) is 0 Å². The number of carbonyl (C=O) groups is 1. The molecular formula is C14H14O2. The molecule has 0 N–H and O–H groups in total. The largest absolute Gasteiger partial charge is 0.469 e. The maximum atomic E-state index is 11.5. The predicted molar refractivity (Wildman–Crippen MR) is 63.5 cm³/mol. The van der Waals surface area contributed by atoms with Gasteiger partial charge in [-0.05, 0) is 23.6 Å². The highest BCUT2D eigenvalue weighted by Gasteiger charge is 2.20. The van der Waals surface area contributed by atoms with Crippen LogP contribution in [0.3, 0.4) is 0 Å². The van der Waals surface area contributed by atoms with Crippen LogP contribution in [0, 0.1) is 0 Å². The second-order valence-electron chi connectivity index (χ2n) is 3.81. The molecule has 1 unspecified atom stereocenters. The van der Waals surface area contributed by atoms with Crippen molar-refractivity contribution in [2.45, 2.75) is 12.8 Å². The number of esters is 1. The number of fused-ring (bicyclic) bond motifs is 1. The first-order chi connectivity index (χ1) is 7.74. The summed E-state index contributed by atoms with van der Waals surface area (Å²) in [5.74, 6) is -0.413. The lowest BCUT2D eigenvalue weighted by molar-refractivity contribution is -0.141. The molecule has 2 heteroatoms. The van der Waals surface area contributed by atoms with Gasteiger partial charge in [-0.3, -0.25) is 4.79 Å². The van der Waals surface area contributed by atoms with Gasteiger partial charge < -0.3 is 4.74 Å². The number of methoxy groups -OCH3 is 1. The van der Waals surface area contributed by atoms with Gasteiger partial charge in [0.25, 0.3) is 0 Å². The Morgan fingerprint density at radius 2 is 1.88 bits per heavy atom. The van der Waals surface area contributed by atoms with E-state index in [4.69, 9.17) is 4.74 Å². The van der Waals surface area contributed by atoms with Crippen molar-refractivity contribution in [3.63, 3.8) is 0 Å². The average molecular weight is 214 g/mol. The molecule has 2 nitrogen and oxygen atoms in total. The summed E-state index contributed by atoms with van der Waals surface area (Å²) < 4.78 is 4.77. The summed E-state index contributed by atoms with van der Waals surface area (Å²) in [5.41, 5.74) is 3.29. The van der Waals surface area contributed by atoms with Crippen LogP contribution in [-0.4, -0.2) is 13.1 Å². The van der Waals surface area contributed by atoms with Gasteiger partial charge in [0, 0.05) is 0 Å². The Labute approximate surface area is 95.2 Å². The molecule has 2 aliphatic rings. The van der Waals surface area contributed by atoms with Crippen molar-refractivity contribution in [2.75, 3.05) is 7.11 Å². The maximum Gasteiger partial charge on any atom is 0.312 e. The molecule has 0 aromatic rings. The summed E-state index contributed by atoms with van der Waals surface area (Å²) in [6, 6.07) is 14.1. The number of ether oxygens (including phenoxy) is 1. The zero-order chi connectivity index (χ0) is 11.5. The van der Waals surface area contributed by atoms with Gasteiger partial charge in [0.15, 0.2) is 0 Å². The van der Waals surface area contributed by atoms with E-state index in [1.54, 1.807) is 0 Å². The zero-order valence-electron chi connectivity index (χ0n) is 9.44. The summed E-state index contributed by atoms with van der Waals surface area (Å²) in [6.45, 7) is 1.87. The van der Waals surface area contributed by atoms with Crippen LogP contribution in [-0.2, 0) is 9.53 Å².